The van der Waals surface area contributed by atoms with Gasteiger partial charge in [-0.25, -0.2) is 4.68 Å². The van der Waals surface area contributed by atoms with Crippen LogP contribution in [0.2, 0.25) is 0 Å². The van der Waals surface area contributed by atoms with Crippen LogP contribution >= 0.6 is 0 Å². The van der Waals surface area contributed by atoms with Crippen LogP contribution in [0, 0.1) is 0 Å². The lowest BCUT2D eigenvalue weighted by Crippen LogP contribution is -2.47. The van der Waals surface area contributed by atoms with Gasteiger partial charge in [-0.1, -0.05) is 12.1 Å². The SMILES string of the molecule is CCn1nc(-c2ccc(C(=O)N3CCN(C)CC3)cc2)ccc1=O. The molecule has 1 aliphatic heterocycles. The molecule has 1 fully saturated rings. The van der Waals surface area contributed by atoms with E-state index in [0.29, 0.717) is 12.1 Å². The largest absolute Gasteiger partial charge is 0.336 e. The summed E-state index contributed by atoms with van der Waals surface area (Å²) < 4.78 is 1.43. The van der Waals surface area contributed by atoms with Gasteiger partial charge in [0.25, 0.3) is 11.5 Å². The molecular formula is C18H22N4O2. The molecule has 0 radical (unpaired) electrons. The van der Waals surface area contributed by atoms with Gasteiger partial charge in [0.2, 0.25) is 0 Å². The van der Waals surface area contributed by atoms with Gasteiger partial charge in [0.05, 0.1) is 5.69 Å². The fraction of sp³-hybridized carbons (Fsp3) is 0.389. The van der Waals surface area contributed by atoms with Crippen molar-refractivity contribution in [2.75, 3.05) is 33.2 Å². The minimum absolute atomic E-state index is 0.0705. The van der Waals surface area contributed by atoms with Crippen molar-refractivity contribution in [3.63, 3.8) is 0 Å². The molecule has 1 aliphatic rings. The summed E-state index contributed by atoms with van der Waals surface area (Å²) in [5, 5.41) is 4.34. The van der Waals surface area contributed by atoms with Gasteiger partial charge in [-0.15, -0.1) is 0 Å². The van der Waals surface area contributed by atoms with Crippen LogP contribution in [0.4, 0.5) is 0 Å². The number of likely N-dealkylation sites (N-methyl/N-ethyl adjacent to an activating group) is 1. The monoisotopic (exact) mass is 326 g/mol. The fourth-order valence-corrected chi connectivity index (χ4v) is 2.81. The zero-order valence-corrected chi connectivity index (χ0v) is 14.1. The van der Waals surface area contributed by atoms with Crippen molar-refractivity contribution in [1.29, 1.82) is 0 Å². The Morgan fingerprint density at radius 1 is 1.04 bits per heavy atom. The lowest BCUT2D eigenvalue weighted by atomic mass is 10.1. The lowest BCUT2D eigenvalue weighted by Gasteiger charge is -2.32. The average molecular weight is 326 g/mol. The summed E-state index contributed by atoms with van der Waals surface area (Å²) in [7, 11) is 2.07. The van der Waals surface area contributed by atoms with Crippen molar-refractivity contribution in [2.24, 2.45) is 0 Å². The quantitative estimate of drug-likeness (QED) is 0.853. The second-order valence-electron chi connectivity index (χ2n) is 6.05. The van der Waals surface area contributed by atoms with Crippen molar-refractivity contribution in [3.05, 3.63) is 52.3 Å². The molecule has 3 rings (SSSR count). The van der Waals surface area contributed by atoms with Gasteiger partial charge in [-0.05, 0) is 32.2 Å². The number of carbonyl (C=O) groups excluding carboxylic acids is 1. The van der Waals surface area contributed by atoms with E-state index in [2.05, 4.69) is 17.0 Å². The van der Waals surface area contributed by atoms with Gasteiger partial charge in [-0.2, -0.15) is 5.10 Å². The van der Waals surface area contributed by atoms with Crippen LogP contribution in [0.25, 0.3) is 11.3 Å². The van der Waals surface area contributed by atoms with Crippen molar-refractivity contribution in [3.8, 4) is 11.3 Å². The molecule has 1 saturated heterocycles. The standard InChI is InChI=1S/C18H22N4O2/c1-3-22-17(23)9-8-16(19-22)14-4-6-15(7-5-14)18(24)21-12-10-20(2)11-13-21/h4-9H,3,10-13H2,1-2H3. The highest BCUT2D eigenvalue weighted by molar-refractivity contribution is 5.94. The number of carbonyl (C=O) groups is 1. The Morgan fingerprint density at radius 3 is 2.33 bits per heavy atom. The minimum Gasteiger partial charge on any atom is -0.336 e. The van der Waals surface area contributed by atoms with Crippen LogP contribution in [0.5, 0.6) is 0 Å². The summed E-state index contributed by atoms with van der Waals surface area (Å²) in [4.78, 5) is 28.3. The Hall–Kier alpha value is -2.47. The maximum Gasteiger partial charge on any atom is 0.266 e. The first-order valence-electron chi connectivity index (χ1n) is 8.25. The second kappa shape index (κ2) is 6.97. The normalized spacial score (nSPS) is 15.5. The van der Waals surface area contributed by atoms with Crippen LogP contribution < -0.4 is 5.56 Å². The molecule has 126 valence electrons. The lowest BCUT2D eigenvalue weighted by molar-refractivity contribution is 0.0664. The van der Waals surface area contributed by atoms with E-state index in [0.717, 1.165) is 37.4 Å². The van der Waals surface area contributed by atoms with Gasteiger partial charge >= 0.3 is 0 Å². The number of amides is 1. The van der Waals surface area contributed by atoms with Crippen LogP contribution in [0.1, 0.15) is 17.3 Å². The Balaban J connectivity index is 1.78. The molecule has 0 spiro atoms. The molecule has 24 heavy (non-hydrogen) atoms. The van der Waals surface area contributed by atoms with Gasteiger partial charge < -0.3 is 9.80 Å². The van der Waals surface area contributed by atoms with Gasteiger partial charge in [0.1, 0.15) is 0 Å². The fourth-order valence-electron chi connectivity index (χ4n) is 2.81. The molecule has 0 aliphatic carbocycles. The molecule has 1 amide bonds. The zero-order chi connectivity index (χ0) is 17.1. The van der Waals surface area contributed by atoms with E-state index in [9.17, 15) is 9.59 Å². The number of hydrogen-bond donors (Lipinski definition) is 0. The number of hydrogen-bond acceptors (Lipinski definition) is 4. The smallest absolute Gasteiger partial charge is 0.266 e. The summed E-state index contributed by atoms with van der Waals surface area (Å²) in [5.74, 6) is 0.0705. The molecule has 2 heterocycles. The van der Waals surface area contributed by atoms with Crippen molar-refractivity contribution in [1.82, 2.24) is 19.6 Å². The van der Waals surface area contributed by atoms with Crippen molar-refractivity contribution < 1.29 is 4.79 Å². The Morgan fingerprint density at radius 2 is 1.71 bits per heavy atom. The van der Waals surface area contributed by atoms with E-state index >= 15 is 0 Å². The summed E-state index contributed by atoms with van der Waals surface area (Å²) in [6.07, 6.45) is 0. The highest BCUT2D eigenvalue weighted by Gasteiger charge is 2.20. The first-order chi connectivity index (χ1) is 11.6. The number of benzene rings is 1. The Labute approximate surface area is 141 Å². The van der Waals surface area contributed by atoms with Gasteiger partial charge in [0.15, 0.2) is 0 Å². The highest BCUT2D eigenvalue weighted by Crippen LogP contribution is 2.17. The van der Waals surface area contributed by atoms with Gasteiger partial charge in [0, 0.05) is 49.9 Å². The van der Waals surface area contributed by atoms with Crippen molar-refractivity contribution >= 4 is 5.91 Å². The molecule has 1 aromatic carbocycles. The number of aromatic nitrogens is 2. The molecule has 0 saturated carbocycles. The number of nitrogens with zero attached hydrogens (tertiary/aromatic N) is 4. The van der Waals surface area contributed by atoms with Crippen LogP contribution in [-0.4, -0.2) is 58.7 Å². The molecule has 0 bridgehead atoms. The van der Waals surface area contributed by atoms with E-state index in [1.807, 2.05) is 36.1 Å². The average Bonchev–Trinajstić information content (AvgIpc) is 2.62. The summed E-state index contributed by atoms with van der Waals surface area (Å²) in [6.45, 7) is 5.77. The molecule has 6 heteroatoms. The Kier molecular flexibility index (Phi) is 4.76. The molecular weight excluding hydrogens is 304 g/mol. The van der Waals surface area contributed by atoms with Gasteiger partial charge in [-0.3, -0.25) is 9.59 Å². The molecule has 2 aromatic rings. The molecule has 0 N–H and O–H groups in total. The van der Waals surface area contributed by atoms with E-state index in [1.165, 1.54) is 10.7 Å². The molecule has 6 nitrogen and oxygen atoms in total. The van der Waals surface area contributed by atoms with E-state index in [-0.39, 0.29) is 11.5 Å². The molecule has 0 unspecified atom stereocenters. The second-order valence-corrected chi connectivity index (χ2v) is 6.05. The summed E-state index contributed by atoms with van der Waals surface area (Å²) >= 11 is 0. The topological polar surface area (TPSA) is 58.4 Å². The van der Waals surface area contributed by atoms with Crippen LogP contribution in [0.3, 0.4) is 0 Å². The number of aryl methyl sites for hydroxylation is 1. The predicted octanol–water partition coefficient (Wildman–Crippen LogP) is 1.32. The predicted molar refractivity (Wildman–Crippen MR) is 93.0 cm³/mol. The molecule has 0 atom stereocenters. The first kappa shape index (κ1) is 16.4. The zero-order valence-electron chi connectivity index (χ0n) is 14.1. The maximum absolute atomic E-state index is 12.5. The van der Waals surface area contributed by atoms with Crippen LogP contribution in [-0.2, 0) is 6.54 Å². The highest BCUT2D eigenvalue weighted by atomic mass is 16.2. The minimum atomic E-state index is -0.108. The van der Waals surface area contributed by atoms with E-state index in [1.54, 1.807) is 6.07 Å². The number of piperazine rings is 1. The van der Waals surface area contributed by atoms with E-state index in [4.69, 9.17) is 0 Å². The van der Waals surface area contributed by atoms with E-state index < -0.39 is 0 Å². The summed E-state index contributed by atoms with van der Waals surface area (Å²) in [5.41, 5.74) is 2.21. The van der Waals surface area contributed by atoms with Crippen molar-refractivity contribution in [2.45, 2.75) is 13.5 Å². The molecule has 1 aromatic heterocycles. The summed E-state index contributed by atoms with van der Waals surface area (Å²) in [6, 6.07) is 10.7. The third-order valence-electron chi connectivity index (χ3n) is 4.38. The van der Waals surface area contributed by atoms with Crippen LogP contribution in [0.15, 0.2) is 41.2 Å². The third kappa shape index (κ3) is 3.38. The maximum atomic E-state index is 12.5. The first-order valence-corrected chi connectivity index (χ1v) is 8.25. The third-order valence-corrected chi connectivity index (χ3v) is 4.38. The Bertz CT molecular complexity index is 774. The number of rotatable bonds is 3.